The molecular weight excluding hydrogens is 252 g/mol. The molecule has 2 rings (SSSR count). The van der Waals surface area contributed by atoms with Gasteiger partial charge >= 0.3 is 6.03 Å². The van der Waals surface area contributed by atoms with Gasteiger partial charge in [0.05, 0.1) is 11.1 Å². The second kappa shape index (κ2) is 6.58. The van der Waals surface area contributed by atoms with Crippen LogP contribution in [0.4, 0.5) is 10.5 Å². The average Bonchev–Trinajstić information content (AvgIpc) is 2.48. The lowest BCUT2D eigenvalue weighted by atomic mass is 9.96. The van der Waals surface area contributed by atoms with E-state index >= 15 is 0 Å². The van der Waals surface area contributed by atoms with Gasteiger partial charge in [-0.1, -0.05) is 19.3 Å². The van der Waals surface area contributed by atoms with Crippen molar-refractivity contribution in [1.29, 1.82) is 10.5 Å². The maximum atomic E-state index is 11.9. The number of nitrogens with zero attached hydrogens (tertiary/aromatic N) is 2. The summed E-state index contributed by atoms with van der Waals surface area (Å²) in [4.78, 5) is 11.9. The van der Waals surface area contributed by atoms with Crippen LogP contribution >= 0.6 is 0 Å². The highest BCUT2D eigenvalue weighted by molar-refractivity contribution is 5.89. The summed E-state index contributed by atoms with van der Waals surface area (Å²) in [5.41, 5.74) is 1.10. The Hall–Kier alpha value is -2.53. The lowest BCUT2D eigenvalue weighted by Crippen LogP contribution is -2.39. The second-order valence-corrected chi connectivity index (χ2v) is 4.92. The van der Waals surface area contributed by atoms with E-state index in [9.17, 15) is 4.79 Å². The van der Waals surface area contributed by atoms with E-state index in [1.54, 1.807) is 6.07 Å². The molecule has 0 radical (unpaired) electrons. The van der Waals surface area contributed by atoms with Crippen LogP contribution in [0.1, 0.15) is 43.2 Å². The molecular formula is C15H16N4O. The van der Waals surface area contributed by atoms with Crippen LogP contribution in [0.3, 0.4) is 0 Å². The number of nitriles is 2. The van der Waals surface area contributed by atoms with Crippen LogP contribution in [0.2, 0.25) is 0 Å². The highest BCUT2D eigenvalue weighted by Gasteiger charge is 2.15. The second-order valence-electron chi connectivity index (χ2n) is 4.92. The minimum absolute atomic E-state index is 0.234. The first-order valence-electron chi connectivity index (χ1n) is 6.74. The number of carbonyl (C=O) groups is 1. The van der Waals surface area contributed by atoms with Crippen LogP contribution in [0.15, 0.2) is 18.2 Å². The number of benzene rings is 1. The minimum Gasteiger partial charge on any atom is -0.335 e. The van der Waals surface area contributed by atoms with Gasteiger partial charge in [0.25, 0.3) is 0 Å². The van der Waals surface area contributed by atoms with Gasteiger partial charge in [0, 0.05) is 11.7 Å². The Morgan fingerprint density at radius 1 is 1.10 bits per heavy atom. The number of hydrogen-bond acceptors (Lipinski definition) is 3. The fraction of sp³-hybridized carbons (Fsp3) is 0.400. The molecule has 5 heteroatoms. The molecule has 1 aromatic carbocycles. The van der Waals surface area contributed by atoms with Gasteiger partial charge in [-0.3, -0.25) is 0 Å². The monoisotopic (exact) mass is 268 g/mol. The molecule has 0 bridgehead atoms. The van der Waals surface area contributed by atoms with Gasteiger partial charge in [-0.25, -0.2) is 4.79 Å². The van der Waals surface area contributed by atoms with Gasteiger partial charge in [-0.2, -0.15) is 10.5 Å². The highest BCUT2D eigenvalue weighted by atomic mass is 16.2. The Morgan fingerprint density at radius 3 is 2.45 bits per heavy atom. The molecule has 1 saturated carbocycles. The van der Waals surface area contributed by atoms with Crippen molar-refractivity contribution >= 4 is 11.7 Å². The first-order chi connectivity index (χ1) is 9.72. The van der Waals surface area contributed by atoms with Crippen LogP contribution < -0.4 is 10.6 Å². The molecule has 0 unspecified atom stereocenters. The van der Waals surface area contributed by atoms with Crippen molar-refractivity contribution < 1.29 is 4.79 Å². The largest absolute Gasteiger partial charge is 0.335 e. The first kappa shape index (κ1) is 13.9. The van der Waals surface area contributed by atoms with Crippen LogP contribution in [-0.4, -0.2) is 12.1 Å². The third-order valence-corrected chi connectivity index (χ3v) is 3.46. The molecule has 5 nitrogen and oxygen atoms in total. The molecule has 2 N–H and O–H groups in total. The van der Waals surface area contributed by atoms with Crippen LogP contribution in [-0.2, 0) is 0 Å². The van der Waals surface area contributed by atoms with E-state index in [4.69, 9.17) is 10.5 Å². The number of hydrogen-bond donors (Lipinski definition) is 2. The molecule has 0 heterocycles. The van der Waals surface area contributed by atoms with Crippen molar-refractivity contribution in [2.45, 2.75) is 38.1 Å². The van der Waals surface area contributed by atoms with Crippen molar-refractivity contribution in [3.8, 4) is 12.1 Å². The van der Waals surface area contributed by atoms with Gasteiger partial charge in [-0.05, 0) is 31.0 Å². The number of amides is 2. The van der Waals surface area contributed by atoms with Crippen molar-refractivity contribution in [3.05, 3.63) is 29.3 Å². The van der Waals surface area contributed by atoms with E-state index in [1.807, 2.05) is 12.1 Å². The molecule has 0 aliphatic heterocycles. The first-order valence-corrected chi connectivity index (χ1v) is 6.74. The Bertz CT molecular complexity index is 577. The Balaban J connectivity index is 1.97. The van der Waals surface area contributed by atoms with Gasteiger partial charge in [-0.15, -0.1) is 0 Å². The number of urea groups is 1. The van der Waals surface area contributed by atoms with Crippen LogP contribution in [0.5, 0.6) is 0 Å². The molecule has 0 atom stereocenters. The van der Waals surface area contributed by atoms with E-state index in [0.29, 0.717) is 11.3 Å². The maximum absolute atomic E-state index is 11.9. The molecule has 102 valence electrons. The molecule has 0 spiro atoms. The summed E-state index contributed by atoms with van der Waals surface area (Å²) in [5, 5.41) is 23.4. The van der Waals surface area contributed by atoms with Crippen LogP contribution in [0.25, 0.3) is 0 Å². The summed E-state index contributed by atoms with van der Waals surface area (Å²) < 4.78 is 0. The van der Waals surface area contributed by atoms with Crippen molar-refractivity contribution in [2.75, 3.05) is 5.32 Å². The summed E-state index contributed by atoms with van der Waals surface area (Å²) in [6.07, 6.45) is 5.58. The number of anilines is 1. The zero-order valence-corrected chi connectivity index (χ0v) is 11.1. The van der Waals surface area contributed by atoms with Crippen molar-refractivity contribution in [2.24, 2.45) is 0 Å². The molecule has 2 amide bonds. The Kier molecular flexibility index (Phi) is 4.57. The molecule has 20 heavy (non-hydrogen) atoms. The molecule has 1 aromatic rings. The zero-order valence-electron chi connectivity index (χ0n) is 11.1. The van der Waals surface area contributed by atoms with Crippen LogP contribution in [0, 0.1) is 22.7 Å². The number of nitrogens with one attached hydrogen (secondary N) is 2. The summed E-state index contributed by atoms with van der Waals surface area (Å²) >= 11 is 0. The van der Waals surface area contributed by atoms with E-state index in [0.717, 1.165) is 25.7 Å². The third-order valence-electron chi connectivity index (χ3n) is 3.46. The average molecular weight is 268 g/mol. The topological polar surface area (TPSA) is 88.7 Å². The molecule has 0 saturated heterocycles. The zero-order chi connectivity index (χ0) is 14.4. The number of rotatable bonds is 2. The van der Waals surface area contributed by atoms with Gasteiger partial charge in [0.2, 0.25) is 0 Å². The normalized spacial score (nSPS) is 14.9. The fourth-order valence-electron chi connectivity index (χ4n) is 2.41. The summed E-state index contributed by atoms with van der Waals surface area (Å²) in [7, 11) is 0. The summed E-state index contributed by atoms with van der Waals surface area (Å²) in [5.74, 6) is 0. The minimum atomic E-state index is -0.259. The lowest BCUT2D eigenvalue weighted by molar-refractivity contribution is 0.244. The maximum Gasteiger partial charge on any atom is 0.319 e. The highest BCUT2D eigenvalue weighted by Crippen LogP contribution is 2.18. The molecule has 1 fully saturated rings. The van der Waals surface area contributed by atoms with E-state index in [1.165, 1.54) is 18.6 Å². The quantitative estimate of drug-likeness (QED) is 0.864. The number of carbonyl (C=O) groups excluding carboxylic acids is 1. The summed E-state index contributed by atoms with van der Waals surface area (Å²) in [6, 6.07) is 8.54. The standard InChI is InChI=1S/C15H16N4O/c16-9-11-6-7-14(8-12(11)10-17)19-15(20)18-13-4-2-1-3-5-13/h6-8,13H,1-5H2,(H2,18,19,20). The predicted octanol–water partition coefficient (Wildman–Crippen LogP) is 2.88. The Labute approximate surface area is 118 Å². The van der Waals surface area contributed by atoms with E-state index < -0.39 is 0 Å². The fourth-order valence-corrected chi connectivity index (χ4v) is 2.41. The van der Waals surface area contributed by atoms with Gasteiger partial charge < -0.3 is 10.6 Å². The van der Waals surface area contributed by atoms with E-state index in [-0.39, 0.29) is 17.6 Å². The van der Waals surface area contributed by atoms with Crippen molar-refractivity contribution in [3.63, 3.8) is 0 Å². The lowest BCUT2D eigenvalue weighted by Gasteiger charge is -2.22. The third kappa shape index (κ3) is 3.49. The predicted molar refractivity (Wildman–Crippen MR) is 74.9 cm³/mol. The molecule has 1 aliphatic carbocycles. The molecule has 1 aliphatic rings. The smallest absolute Gasteiger partial charge is 0.319 e. The summed E-state index contributed by atoms with van der Waals surface area (Å²) in [6.45, 7) is 0. The SMILES string of the molecule is N#Cc1ccc(NC(=O)NC2CCCCC2)cc1C#N. The van der Waals surface area contributed by atoms with Gasteiger partial charge in [0.1, 0.15) is 12.1 Å². The van der Waals surface area contributed by atoms with Gasteiger partial charge in [0.15, 0.2) is 0 Å². The Morgan fingerprint density at radius 2 is 1.80 bits per heavy atom. The van der Waals surface area contributed by atoms with E-state index in [2.05, 4.69) is 10.6 Å². The molecule has 0 aromatic heterocycles. The van der Waals surface area contributed by atoms with Crippen molar-refractivity contribution in [1.82, 2.24) is 5.32 Å².